The Morgan fingerprint density at radius 1 is 1.64 bits per heavy atom. The molecule has 1 aliphatic rings. The molecule has 0 amide bonds. The van der Waals surface area contributed by atoms with E-state index in [-0.39, 0.29) is 6.61 Å². The topological polar surface area (TPSA) is 20.2 Å². The first kappa shape index (κ1) is 8.82. The van der Waals surface area contributed by atoms with E-state index in [0.29, 0.717) is 0 Å². The molecular weight excluding hydrogens is 203 g/mol. The zero-order valence-electron chi connectivity index (χ0n) is 6.47. The van der Waals surface area contributed by atoms with Crippen LogP contribution in [0.4, 0.5) is 0 Å². The summed E-state index contributed by atoms with van der Waals surface area (Å²) in [5.74, 6) is 0. The lowest BCUT2D eigenvalue weighted by molar-refractivity contribution is 0.335. The molecule has 0 spiro atoms. The Labute approximate surface area is 76.0 Å². The number of aliphatic hydroxyl groups is 1. The SMILES string of the molecule is BC1=CC(Br)=C(CO)C=CC1. The van der Waals surface area contributed by atoms with Gasteiger partial charge in [-0.1, -0.05) is 34.2 Å². The Hall–Kier alpha value is -0.275. The highest BCUT2D eigenvalue weighted by Crippen LogP contribution is 2.20. The van der Waals surface area contributed by atoms with Crippen LogP contribution in [-0.4, -0.2) is 19.6 Å². The third kappa shape index (κ3) is 2.35. The molecule has 3 heteroatoms. The predicted molar refractivity (Wildman–Crippen MR) is 53.4 cm³/mol. The molecule has 0 atom stereocenters. The highest BCUT2D eigenvalue weighted by molar-refractivity contribution is 9.11. The van der Waals surface area contributed by atoms with Gasteiger partial charge < -0.3 is 5.11 Å². The molecule has 58 valence electrons. The minimum Gasteiger partial charge on any atom is -0.392 e. The molecule has 1 aliphatic carbocycles. The van der Waals surface area contributed by atoms with Crippen molar-refractivity contribution < 1.29 is 5.11 Å². The largest absolute Gasteiger partial charge is 0.392 e. The lowest BCUT2D eigenvalue weighted by atomic mass is 9.93. The smallest absolute Gasteiger partial charge is 0.134 e. The molecule has 1 rings (SSSR count). The van der Waals surface area contributed by atoms with E-state index in [0.717, 1.165) is 16.5 Å². The van der Waals surface area contributed by atoms with Gasteiger partial charge in [-0.3, -0.25) is 0 Å². The average molecular weight is 213 g/mol. The van der Waals surface area contributed by atoms with E-state index < -0.39 is 0 Å². The summed E-state index contributed by atoms with van der Waals surface area (Å²) in [5, 5.41) is 8.90. The first-order valence-electron chi connectivity index (χ1n) is 3.57. The van der Waals surface area contributed by atoms with Crippen LogP contribution in [0.15, 0.2) is 33.8 Å². The van der Waals surface area contributed by atoms with Crippen molar-refractivity contribution in [1.29, 1.82) is 0 Å². The molecule has 0 aliphatic heterocycles. The van der Waals surface area contributed by atoms with Crippen molar-refractivity contribution in [3.63, 3.8) is 0 Å². The molecule has 0 saturated carbocycles. The van der Waals surface area contributed by atoms with Crippen LogP contribution in [0.2, 0.25) is 0 Å². The highest BCUT2D eigenvalue weighted by atomic mass is 79.9. The van der Waals surface area contributed by atoms with Crippen molar-refractivity contribution in [3.8, 4) is 0 Å². The number of allylic oxidation sites excluding steroid dienone is 4. The van der Waals surface area contributed by atoms with Gasteiger partial charge in [-0.25, -0.2) is 0 Å². The second-order valence-corrected chi connectivity index (χ2v) is 3.48. The number of rotatable bonds is 1. The summed E-state index contributed by atoms with van der Waals surface area (Å²) in [6.07, 6.45) is 7.03. The fourth-order valence-electron chi connectivity index (χ4n) is 0.963. The monoisotopic (exact) mass is 212 g/mol. The van der Waals surface area contributed by atoms with Gasteiger partial charge in [0.25, 0.3) is 0 Å². The summed E-state index contributed by atoms with van der Waals surface area (Å²) in [7, 11) is 2.08. The molecule has 0 aromatic rings. The van der Waals surface area contributed by atoms with Crippen LogP contribution in [0, 0.1) is 0 Å². The van der Waals surface area contributed by atoms with Gasteiger partial charge in [-0.15, -0.1) is 5.47 Å². The van der Waals surface area contributed by atoms with E-state index in [1.54, 1.807) is 0 Å². The quantitative estimate of drug-likeness (QED) is 0.646. The van der Waals surface area contributed by atoms with E-state index >= 15 is 0 Å². The standard InChI is InChI=1S/C8H10BBrO/c9-7-3-1-2-6(5-11)8(10)4-7/h1-2,4,11H,3,5,9H2. The molecule has 0 saturated heterocycles. The Morgan fingerprint density at radius 2 is 2.36 bits per heavy atom. The molecule has 0 heterocycles. The lowest BCUT2D eigenvalue weighted by Gasteiger charge is -1.96. The number of halogens is 1. The fraction of sp³-hybridized carbons (Fsp3) is 0.250. The molecule has 0 unspecified atom stereocenters. The molecule has 1 N–H and O–H groups in total. The zero-order chi connectivity index (χ0) is 8.27. The normalized spacial score (nSPS) is 18.2. The van der Waals surface area contributed by atoms with Crippen molar-refractivity contribution in [2.24, 2.45) is 0 Å². The Kier molecular flexibility index (Phi) is 3.15. The number of hydrogen-bond donors (Lipinski definition) is 1. The molecule has 0 fully saturated rings. The Bertz CT molecular complexity index is 240. The van der Waals surface area contributed by atoms with Gasteiger partial charge in [-0.2, -0.15) is 0 Å². The van der Waals surface area contributed by atoms with Gasteiger partial charge in [-0.05, 0) is 12.0 Å². The number of hydrogen-bond acceptors (Lipinski definition) is 1. The molecule has 11 heavy (non-hydrogen) atoms. The predicted octanol–water partition coefficient (Wildman–Crippen LogP) is 1.10. The van der Waals surface area contributed by atoms with Gasteiger partial charge >= 0.3 is 0 Å². The summed E-state index contributed by atoms with van der Waals surface area (Å²) < 4.78 is 0.992. The van der Waals surface area contributed by atoms with Crippen molar-refractivity contribution in [2.45, 2.75) is 6.42 Å². The molecule has 0 aromatic carbocycles. The van der Waals surface area contributed by atoms with Crippen LogP contribution in [-0.2, 0) is 0 Å². The highest BCUT2D eigenvalue weighted by Gasteiger charge is 2.00. The second-order valence-electron chi connectivity index (χ2n) is 2.63. The Morgan fingerprint density at radius 3 is 3.00 bits per heavy atom. The lowest BCUT2D eigenvalue weighted by Crippen LogP contribution is -1.86. The van der Waals surface area contributed by atoms with Crippen LogP contribution in [0.3, 0.4) is 0 Å². The minimum absolute atomic E-state index is 0.0981. The maximum absolute atomic E-state index is 8.90. The third-order valence-electron chi connectivity index (χ3n) is 1.61. The Balaban J connectivity index is 2.96. The van der Waals surface area contributed by atoms with Crippen LogP contribution in [0.25, 0.3) is 0 Å². The summed E-state index contributed by atoms with van der Waals surface area (Å²) in [6, 6.07) is 0. The second kappa shape index (κ2) is 3.93. The van der Waals surface area contributed by atoms with Crippen LogP contribution < -0.4 is 0 Å². The maximum Gasteiger partial charge on any atom is 0.134 e. The maximum atomic E-state index is 8.90. The third-order valence-corrected chi connectivity index (χ3v) is 2.35. The van der Waals surface area contributed by atoms with Gasteiger partial charge in [0.2, 0.25) is 0 Å². The van der Waals surface area contributed by atoms with E-state index in [1.165, 1.54) is 5.47 Å². The first-order valence-corrected chi connectivity index (χ1v) is 4.36. The summed E-state index contributed by atoms with van der Waals surface area (Å²) in [6.45, 7) is 0.0981. The van der Waals surface area contributed by atoms with Crippen molar-refractivity contribution in [3.05, 3.63) is 33.8 Å². The van der Waals surface area contributed by atoms with Gasteiger partial charge in [0.1, 0.15) is 7.85 Å². The zero-order valence-corrected chi connectivity index (χ0v) is 8.06. The molecule has 0 radical (unpaired) electrons. The summed E-state index contributed by atoms with van der Waals surface area (Å²) in [4.78, 5) is 0. The van der Waals surface area contributed by atoms with Crippen LogP contribution >= 0.6 is 15.9 Å². The first-order chi connectivity index (χ1) is 5.24. The molecule has 0 aromatic heterocycles. The van der Waals surface area contributed by atoms with Crippen LogP contribution in [0.1, 0.15) is 6.42 Å². The van der Waals surface area contributed by atoms with Gasteiger partial charge in [0.05, 0.1) is 6.61 Å². The van der Waals surface area contributed by atoms with Gasteiger partial charge in [0, 0.05) is 4.48 Å². The van der Waals surface area contributed by atoms with Crippen molar-refractivity contribution in [2.75, 3.05) is 6.61 Å². The summed E-state index contributed by atoms with van der Waals surface area (Å²) in [5.41, 5.74) is 2.25. The van der Waals surface area contributed by atoms with Crippen molar-refractivity contribution in [1.82, 2.24) is 0 Å². The fourth-order valence-corrected chi connectivity index (χ4v) is 1.61. The molecule has 1 nitrogen and oxygen atoms in total. The van der Waals surface area contributed by atoms with Crippen molar-refractivity contribution >= 4 is 23.8 Å². The van der Waals surface area contributed by atoms with Gasteiger partial charge in [0.15, 0.2) is 0 Å². The number of aliphatic hydroxyl groups excluding tert-OH is 1. The minimum atomic E-state index is 0.0981. The van der Waals surface area contributed by atoms with E-state index in [1.807, 2.05) is 12.2 Å². The van der Waals surface area contributed by atoms with Crippen LogP contribution in [0.5, 0.6) is 0 Å². The van der Waals surface area contributed by atoms with E-state index in [9.17, 15) is 0 Å². The van der Waals surface area contributed by atoms with E-state index in [4.69, 9.17) is 5.11 Å². The molecule has 0 bridgehead atoms. The van der Waals surface area contributed by atoms with E-state index in [2.05, 4.69) is 29.9 Å². The average Bonchev–Trinajstić information content (AvgIpc) is 2.11. The summed E-state index contributed by atoms with van der Waals surface area (Å²) >= 11 is 3.40. The molecular formula is C8H10BBrO.